The maximum atomic E-state index is 2.61. The minimum absolute atomic E-state index is 0.0180. The van der Waals surface area contributed by atoms with Gasteiger partial charge in [0.2, 0.25) is 0 Å². The predicted octanol–water partition coefficient (Wildman–Crippen LogP) is 3.23. The van der Waals surface area contributed by atoms with E-state index in [-0.39, 0.29) is 9.84 Å². The number of hydrogen-bond donors (Lipinski definition) is 0. The fourth-order valence-corrected chi connectivity index (χ4v) is 4.96. The first-order chi connectivity index (χ1) is 11.2. The summed E-state index contributed by atoms with van der Waals surface area (Å²) in [4.78, 5) is 0. The molecule has 1 heterocycles. The van der Waals surface area contributed by atoms with Gasteiger partial charge in [0.15, 0.2) is 0 Å². The van der Waals surface area contributed by atoms with E-state index in [0.29, 0.717) is 14.0 Å². The standard InChI is InChI=1S/C17H24B2N3Si/c1-4-15-20-18(2)21(16-11-7-5-8-12-16)23-22(19(20)3)17-13-9-6-10-14-17/h5-14,23H,4,15H2,1-3H3. The van der Waals surface area contributed by atoms with Crippen LogP contribution in [0.1, 0.15) is 13.3 Å². The Bertz CT molecular complexity index is 562. The second-order valence-corrected chi connectivity index (χ2v) is 7.45. The molecule has 0 unspecified atom stereocenters. The summed E-state index contributed by atoms with van der Waals surface area (Å²) in [5.41, 5.74) is 2.65. The first-order valence-electron chi connectivity index (χ1n) is 8.50. The number of anilines is 2. The fourth-order valence-electron chi connectivity index (χ4n) is 3.36. The van der Waals surface area contributed by atoms with E-state index < -0.39 is 0 Å². The molecule has 3 nitrogen and oxygen atoms in total. The Kier molecular flexibility index (Phi) is 5.13. The third-order valence-corrected chi connectivity index (χ3v) is 6.56. The van der Waals surface area contributed by atoms with Gasteiger partial charge in [0.05, 0.1) is 0 Å². The van der Waals surface area contributed by atoms with Gasteiger partial charge in [-0.1, -0.05) is 57.0 Å². The van der Waals surface area contributed by atoms with E-state index in [1.54, 1.807) is 0 Å². The van der Waals surface area contributed by atoms with Gasteiger partial charge >= 0.3 is 14.0 Å². The molecular formula is C17H24B2N3Si. The highest BCUT2D eigenvalue weighted by Gasteiger charge is 2.41. The third kappa shape index (κ3) is 3.33. The van der Waals surface area contributed by atoms with Crippen LogP contribution in [0.3, 0.4) is 0 Å². The highest BCUT2D eigenvalue weighted by molar-refractivity contribution is 6.92. The number of hydrogen-bond acceptors (Lipinski definition) is 3. The molecule has 0 N–H and O–H groups in total. The van der Waals surface area contributed by atoms with Crippen molar-refractivity contribution in [2.24, 2.45) is 0 Å². The van der Waals surface area contributed by atoms with Crippen LogP contribution in [0.25, 0.3) is 0 Å². The van der Waals surface area contributed by atoms with Crippen LogP contribution >= 0.6 is 0 Å². The second kappa shape index (κ2) is 7.28. The molecule has 1 aliphatic rings. The first-order valence-corrected chi connectivity index (χ1v) is 9.53. The second-order valence-electron chi connectivity index (χ2n) is 6.10. The Morgan fingerprint density at radius 3 is 1.61 bits per heavy atom. The quantitative estimate of drug-likeness (QED) is 0.801. The summed E-state index contributed by atoms with van der Waals surface area (Å²) in [6, 6.07) is 21.6. The van der Waals surface area contributed by atoms with Crippen LogP contribution in [0.2, 0.25) is 13.6 Å². The van der Waals surface area contributed by atoms with Gasteiger partial charge in [-0.15, -0.1) is 0 Å². The zero-order chi connectivity index (χ0) is 16.2. The molecule has 2 aromatic carbocycles. The van der Waals surface area contributed by atoms with Crippen LogP contribution in [0.15, 0.2) is 60.7 Å². The van der Waals surface area contributed by atoms with Crippen molar-refractivity contribution in [1.82, 2.24) is 4.72 Å². The molecule has 0 aromatic heterocycles. The number of nitrogens with zero attached hydrogens (tertiary/aromatic N) is 3. The molecule has 23 heavy (non-hydrogen) atoms. The molecule has 0 aliphatic carbocycles. The van der Waals surface area contributed by atoms with Crippen molar-refractivity contribution in [3.05, 3.63) is 60.7 Å². The topological polar surface area (TPSA) is 9.72 Å². The van der Waals surface area contributed by atoms with Gasteiger partial charge in [0.25, 0.3) is 9.84 Å². The Hall–Kier alpha value is -1.65. The molecule has 0 saturated carbocycles. The SMILES string of the molecule is CCCN1B(C)N(c2ccccc2)[SiH]N(c2ccccc2)B1C. The summed E-state index contributed by atoms with van der Waals surface area (Å²) in [5.74, 6) is 0. The van der Waals surface area contributed by atoms with Crippen LogP contribution in [-0.2, 0) is 0 Å². The molecular weight excluding hydrogens is 296 g/mol. The van der Waals surface area contributed by atoms with Gasteiger partial charge in [-0.25, -0.2) is 0 Å². The van der Waals surface area contributed by atoms with E-state index in [0.717, 1.165) is 6.54 Å². The van der Waals surface area contributed by atoms with Gasteiger partial charge in [-0.2, -0.15) is 0 Å². The summed E-state index contributed by atoms with van der Waals surface area (Å²) in [7, 11) is 0.0180. The van der Waals surface area contributed by atoms with E-state index in [2.05, 4.69) is 94.9 Å². The van der Waals surface area contributed by atoms with Gasteiger partial charge in [-0.3, -0.25) is 0 Å². The minimum atomic E-state index is 0.0180. The third-order valence-electron chi connectivity index (χ3n) is 4.60. The number of benzene rings is 2. The van der Waals surface area contributed by atoms with Crippen LogP contribution in [-0.4, -0.2) is 35.1 Å². The van der Waals surface area contributed by atoms with Gasteiger partial charge in [-0.05, 0) is 37.2 Å². The van der Waals surface area contributed by atoms with E-state index >= 15 is 0 Å². The zero-order valence-electron chi connectivity index (χ0n) is 14.3. The van der Waals surface area contributed by atoms with E-state index in [1.807, 2.05) is 0 Å². The normalized spacial score (nSPS) is 16.1. The molecule has 0 amide bonds. The fraction of sp³-hybridized carbons (Fsp3) is 0.294. The minimum Gasteiger partial charge on any atom is -0.416 e. The van der Waals surface area contributed by atoms with E-state index in [4.69, 9.17) is 0 Å². The summed E-state index contributed by atoms with van der Waals surface area (Å²) >= 11 is 0. The molecule has 117 valence electrons. The summed E-state index contributed by atoms with van der Waals surface area (Å²) in [6.45, 7) is 8.93. The molecule has 1 aliphatic heterocycles. The Balaban J connectivity index is 1.94. The van der Waals surface area contributed by atoms with Gasteiger partial charge in [0, 0.05) is 11.4 Å². The van der Waals surface area contributed by atoms with Crippen LogP contribution in [0.4, 0.5) is 11.4 Å². The molecule has 2 aromatic rings. The zero-order valence-corrected chi connectivity index (χ0v) is 15.4. The smallest absolute Gasteiger partial charge is 0.322 e. The Morgan fingerprint density at radius 2 is 1.22 bits per heavy atom. The lowest BCUT2D eigenvalue weighted by Gasteiger charge is -2.50. The molecule has 1 fully saturated rings. The Labute approximate surface area is 143 Å². The van der Waals surface area contributed by atoms with Gasteiger partial charge < -0.3 is 13.7 Å². The van der Waals surface area contributed by atoms with Crippen LogP contribution in [0.5, 0.6) is 0 Å². The highest BCUT2D eigenvalue weighted by atomic mass is 28.2. The predicted molar refractivity (Wildman–Crippen MR) is 105 cm³/mol. The molecule has 6 heteroatoms. The molecule has 0 bridgehead atoms. The Morgan fingerprint density at radius 1 is 0.783 bits per heavy atom. The molecule has 0 atom stereocenters. The lowest BCUT2D eigenvalue weighted by atomic mass is 9.61. The van der Waals surface area contributed by atoms with Gasteiger partial charge in [0.1, 0.15) is 0 Å². The van der Waals surface area contributed by atoms with Crippen molar-refractivity contribution in [2.75, 3.05) is 15.5 Å². The highest BCUT2D eigenvalue weighted by Crippen LogP contribution is 2.26. The van der Waals surface area contributed by atoms with Crippen molar-refractivity contribution >= 4 is 35.2 Å². The average Bonchev–Trinajstić information content (AvgIpc) is 2.60. The van der Waals surface area contributed by atoms with Crippen molar-refractivity contribution in [3.63, 3.8) is 0 Å². The maximum absolute atomic E-state index is 2.61. The summed E-state index contributed by atoms with van der Waals surface area (Å²) in [6.07, 6.45) is 1.18. The monoisotopic (exact) mass is 320 g/mol. The maximum Gasteiger partial charge on any atom is 0.322 e. The average molecular weight is 320 g/mol. The number of rotatable bonds is 4. The molecule has 0 spiro atoms. The van der Waals surface area contributed by atoms with Crippen LogP contribution in [0, 0.1) is 0 Å². The molecule has 1 saturated heterocycles. The molecule has 1 radical (unpaired) electrons. The summed E-state index contributed by atoms with van der Waals surface area (Å²) in [5, 5.41) is 0. The lowest BCUT2D eigenvalue weighted by Crippen LogP contribution is -2.72. The van der Waals surface area contributed by atoms with E-state index in [9.17, 15) is 0 Å². The number of para-hydroxylation sites is 2. The van der Waals surface area contributed by atoms with Crippen LogP contribution < -0.4 is 8.95 Å². The lowest BCUT2D eigenvalue weighted by molar-refractivity contribution is 0.620. The summed E-state index contributed by atoms with van der Waals surface area (Å²) < 4.78 is 7.75. The van der Waals surface area contributed by atoms with Crippen molar-refractivity contribution in [1.29, 1.82) is 0 Å². The first kappa shape index (κ1) is 16.2. The van der Waals surface area contributed by atoms with Crippen molar-refractivity contribution < 1.29 is 0 Å². The van der Waals surface area contributed by atoms with Crippen molar-refractivity contribution in [3.8, 4) is 0 Å². The van der Waals surface area contributed by atoms with E-state index in [1.165, 1.54) is 17.8 Å². The largest absolute Gasteiger partial charge is 0.416 e. The van der Waals surface area contributed by atoms with Crippen molar-refractivity contribution in [2.45, 2.75) is 27.0 Å². The molecule has 3 rings (SSSR count).